The van der Waals surface area contributed by atoms with E-state index in [1.54, 1.807) is 0 Å². The average Bonchev–Trinajstić information content (AvgIpc) is 2.27. The van der Waals surface area contributed by atoms with E-state index in [0.29, 0.717) is 12.5 Å². The van der Waals surface area contributed by atoms with Crippen molar-refractivity contribution in [1.29, 1.82) is 0 Å². The van der Waals surface area contributed by atoms with Crippen molar-refractivity contribution in [1.82, 2.24) is 0 Å². The van der Waals surface area contributed by atoms with Crippen molar-refractivity contribution in [3.8, 4) is 5.75 Å². The van der Waals surface area contributed by atoms with Gasteiger partial charge in [-0.1, -0.05) is 32.4 Å². The fourth-order valence-electron chi connectivity index (χ4n) is 1.73. The van der Waals surface area contributed by atoms with Gasteiger partial charge in [-0.2, -0.15) is 0 Å². The van der Waals surface area contributed by atoms with E-state index in [2.05, 4.69) is 39.8 Å². The molecule has 0 amide bonds. The first-order valence-electron chi connectivity index (χ1n) is 6.01. The predicted molar refractivity (Wildman–Crippen MR) is 68.8 cm³/mol. The van der Waals surface area contributed by atoms with Gasteiger partial charge < -0.3 is 10.5 Å². The van der Waals surface area contributed by atoms with Crippen LogP contribution in [0, 0.1) is 19.8 Å². The van der Waals surface area contributed by atoms with Gasteiger partial charge in [0.25, 0.3) is 0 Å². The third-order valence-electron chi connectivity index (χ3n) is 2.96. The molecule has 1 rings (SSSR count). The molecule has 1 aromatic rings. The Bertz CT molecular complexity index is 324. The second-order valence-electron chi connectivity index (χ2n) is 4.59. The van der Waals surface area contributed by atoms with Crippen molar-refractivity contribution in [2.45, 2.75) is 40.7 Å². The van der Waals surface area contributed by atoms with Crippen molar-refractivity contribution < 1.29 is 4.74 Å². The first kappa shape index (κ1) is 13.0. The monoisotopic (exact) mass is 221 g/mol. The largest absolute Gasteiger partial charge is 0.493 e. The van der Waals surface area contributed by atoms with E-state index in [-0.39, 0.29) is 0 Å². The van der Waals surface area contributed by atoms with Crippen LogP contribution in [-0.2, 0) is 6.54 Å². The lowest BCUT2D eigenvalue weighted by Crippen LogP contribution is -2.09. The molecular weight excluding hydrogens is 198 g/mol. The molecule has 0 radical (unpaired) electrons. The van der Waals surface area contributed by atoms with E-state index in [9.17, 15) is 0 Å². The van der Waals surface area contributed by atoms with Gasteiger partial charge >= 0.3 is 0 Å². The van der Waals surface area contributed by atoms with Gasteiger partial charge in [-0.05, 0) is 36.5 Å². The first-order valence-corrected chi connectivity index (χ1v) is 6.01. The molecule has 0 saturated carbocycles. The summed E-state index contributed by atoms with van der Waals surface area (Å²) in [6.07, 6.45) is 1.15. The van der Waals surface area contributed by atoms with Crippen molar-refractivity contribution in [2.24, 2.45) is 11.7 Å². The molecule has 1 atom stereocenters. The molecule has 1 aromatic carbocycles. The Balaban J connectivity index is 2.80. The molecule has 1 unspecified atom stereocenters. The summed E-state index contributed by atoms with van der Waals surface area (Å²) in [4.78, 5) is 0. The smallest absolute Gasteiger partial charge is 0.125 e. The second kappa shape index (κ2) is 5.90. The highest BCUT2D eigenvalue weighted by molar-refractivity contribution is 5.43. The molecule has 0 bridgehead atoms. The molecule has 90 valence electrons. The van der Waals surface area contributed by atoms with Gasteiger partial charge in [-0.15, -0.1) is 0 Å². The zero-order chi connectivity index (χ0) is 12.1. The molecule has 0 fully saturated rings. The number of hydrogen-bond acceptors (Lipinski definition) is 2. The normalized spacial score (nSPS) is 12.6. The second-order valence-corrected chi connectivity index (χ2v) is 4.59. The average molecular weight is 221 g/mol. The number of nitrogens with two attached hydrogens (primary N) is 1. The highest BCUT2D eigenvalue weighted by Crippen LogP contribution is 2.25. The standard InChI is InChI=1S/C14H23NO/c1-5-10(2)9-16-14-11(3)6-13(8-15)7-12(14)4/h6-7,10H,5,8-9,15H2,1-4H3. The third kappa shape index (κ3) is 3.24. The minimum absolute atomic E-state index is 0.591. The van der Waals surface area contributed by atoms with Crippen molar-refractivity contribution in [2.75, 3.05) is 6.61 Å². The first-order chi connectivity index (χ1) is 7.58. The quantitative estimate of drug-likeness (QED) is 0.828. The van der Waals surface area contributed by atoms with Gasteiger partial charge in [0.05, 0.1) is 6.61 Å². The number of ether oxygens (including phenoxy) is 1. The summed E-state index contributed by atoms with van der Waals surface area (Å²) in [5.74, 6) is 1.63. The van der Waals surface area contributed by atoms with E-state index < -0.39 is 0 Å². The molecule has 2 heteroatoms. The summed E-state index contributed by atoms with van der Waals surface area (Å²) in [5, 5.41) is 0. The minimum Gasteiger partial charge on any atom is -0.493 e. The summed E-state index contributed by atoms with van der Waals surface area (Å²) in [5.41, 5.74) is 9.18. The lowest BCUT2D eigenvalue weighted by Gasteiger charge is -2.16. The van der Waals surface area contributed by atoms with Crippen LogP contribution in [0.2, 0.25) is 0 Å². The summed E-state index contributed by atoms with van der Waals surface area (Å²) < 4.78 is 5.88. The van der Waals surface area contributed by atoms with Crippen molar-refractivity contribution in [3.05, 3.63) is 28.8 Å². The minimum atomic E-state index is 0.591. The van der Waals surface area contributed by atoms with Crippen LogP contribution in [0.4, 0.5) is 0 Å². The maximum absolute atomic E-state index is 5.88. The van der Waals surface area contributed by atoms with Crippen LogP contribution in [0.25, 0.3) is 0 Å². The zero-order valence-electron chi connectivity index (χ0n) is 10.8. The van der Waals surface area contributed by atoms with Crippen LogP contribution in [0.15, 0.2) is 12.1 Å². The number of hydrogen-bond donors (Lipinski definition) is 1. The molecular formula is C14H23NO. The van der Waals surface area contributed by atoms with Crippen LogP contribution in [0.3, 0.4) is 0 Å². The summed E-state index contributed by atoms with van der Waals surface area (Å²) >= 11 is 0. The highest BCUT2D eigenvalue weighted by atomic mass is 16.5. The Morgan fingerprint density at radius 3 is 2.25 bits per heavy atom. The van der Waals surface area contributed by atoms with Gasteiger partial charge in [0.2, 0.25) is 0 Å². The van der Waals surface area contributed by atoms with Crippen molar-refractivity contribution in [3.63, 3.8) is 0 Å². The molecule has 2 N–H and O–H groups in total. The molecule has 0 spiro atoms. The van der Waals surface area contributed by atoms with Crippen LogP contribution in [0.1, 0.15) is 37.0 Å². The van der Waals surface area contributed by atoms with E-state index in [0.717, 1.165) is 18.8 Å². The highest BCUT2D eigenvalue weighted by Gasteiger charge is 2.07. The zero-order valence-corrected chi connectivity index (χ0v) is 10.8. The number of benzene rings is 1. The third-order valence-corrected chi connectivity index (χ3v) is 2.96. The van der Waals surface area contributed by atoms with Gasteiger partial charge in [-0.3, -0.25) is 0 Å². The Kier molecular flexibility index (Phi) is 4.81. The Morgan fingerprint density at radius 2 is 1.81 bits per heavy atom. The fraction of sp³-hybridized carbons (Fsp3) is 0.571. The molecule has 0 heterocycles. The molecule has 0 aromatic heterocycles. The SMILES string of the molecule is CCC(C)COc1c(C)cc(CN)cc1C. The Labute approximate surface area is 98.8 Å². The van der Waals surface area contributed by atoms with Gasteiger partial charge in [0.15, 0.2) is 0 Å². The lowest BCUT2D eigenvalue weighted by molar-refractivity contribution is 0.253. The lowest BCUT2D eigenvalue weighted by atomic mass is 10.1. The summed E-state index contributed by atoms with van der Waals surface area (Å²) in [6.45, 7) is 9.94. The van der Waals surface area contributed by atoms with Gasteiger partial charge in [-0.25, -0.2) is 0 Å². The fourth-order valence-corrected chi connectivity index (χ4v) is 1.73. The molecule has 0 aliphatic heterocycles. The Hall–Kier alpha value is -1.02. The predicted octanol–water partition coefficient (Wildman–Crippen LogP) is 3.19. The van der Waals surface area contributed by atoms with Crippen LogP contribution in [-0.4, -0.2) is 6.61 Å². The maximum Gasteiger partial charge on any atom is 0.125 e. The molecule has 2 nitrogen and oxygen atoms in total. The summed E-state index contributed by atoms with van der Waals surface area (Å²) in [6, 6.07) is 4.22. The van der Waals surface area contributed by atoms with Crippen LogP contribution < -0.4 is 10.5 Å². The summed E-state index contributed by atoms with van der Waals surface area (Å²) in [7, 11) is 0. The number of rotatable bonds is 5. The molecule has 0 aliphatic rings. The van der Waals surface area contributed by atoms with E-state index in [1.165, 1.54) is 16.7 Å². The van der Waals surface area contributed by atoms with E-state index >= 15 is 0 Å². The topological polar surface area (TPSA) is 35.2 Å². The van der Waals surface area contributed by atoms with Gasteiger partial charge in [0.1, 0.15) is 5.75 Å². The van der Waals surface area contributed by atoms with Crippen LogP contribution in [0.5, 0.6) is 5.75 Å². The maximum atomic E-state index is 5.88. The Morgan fingerprint density at radius 1 is 1.25 bits per heavy atom. The molecule has 0 aliphatic carbocycles. The van der Waals surface area contributed by atoms with Gasteiger partial charge in [0, 0.05) is 6.54 Å². The molecule has 16 heavy (non-hydrogen) atoms. The van der Waals surface area contributed by atoms with E-state index in [1.807, 2.05) is 0 Å². The van der Waals surface area contributed by atoms with Crippen LogP contribution >= 0.6 is 0 Å². The molecule has 0 saturated heterocycles. The number of aryl methyl sites for hydroxylation is 2. The van der Waals surface area contributed by atoms with E-state index in [4.69, 9.17) is 10.5 Å². The van der Waals surface area contributed by atoms with Crippen molar-refractivity contribution >= 4 is 0 Å².